The Morgan fingerprint density at radius 3 is 2.29 bits per heavy atom. The van der Waals surface area contributed by atoms with Crippen LogP contribution >= 0.6 is 23.1 Å². The fraction of sp³-hybridized carbons (Fsp3) is 0.219. The molecule has 5 aromatic rings. The van der Waals surface area contributed by atoms with Gasteiger partial charge in [-0.15, -0.1) is 11.3 Å². The van der Waals surface area contributed by atoms with Crippen molar-refractivity contribution in [1.29, 1.82) is 0 Å². The number of thioether (sulfide) groups is 1. The van der Waals surface area contributed by atoms with Gasteiger partial charge in [-0.2, -0.15) is 0 Å². The van der Waals surface area contributed by atoms with Gasteiger partial charge in [0.2, 0.25) is 0 Å². The standard InChI is InChI=1S/C32H30N2O5S3/c1-21-28(20-40-32-33-27-9-5-6-10-29(27)41-32)38-31(39-30(21)23-13-11-22(19-35)12-14-23)24-15-17-25(18-16-24)34-42(36,37)26-7-3-2-4-8-26/h2-18,21,28,30-31,34-35H,19-20H2,1H3/t21-,28+,30+,31+/m1/s1. The first-order valence-corrected chi connectivity index (χ1v) is 16.8. The minimum Gasteiger partial charge on any atom is -0.392 e. The molecule has 0 radical (unpaired) electrons. The summed E-state index contributed by atoms with van der Waals surface area (Å²) in [4.78, 5) is 4.97. The molecule has 1 aliphatic heterocycles. The fourth-order valence-corrected chi connectivity index (χ4v) is 8.24. The molecule has 0 amide bonds. The number of benzene rings is 4. The number of aliphatic hydroxyl groups excluding tert-OH is 1. The molecule has 2 N–H and O–H groups in total. The van der Waals surface area contributed by atoms with E-state index in [0.717, 1.165) is 31.2 Å². The fourth-order valence-electron chi connectivity index (χ4n) is 4.90. The van der Waals surface area contributed by atoms with E-state index in [0.29, 0.717) is 11.4 Å². The number of rotatable bonds is 9. The molecule has 4 aromatic carbocycles. The molecule has 1 saturated heterocycles. The van der Waals surface area contributed by atoms with Gasteiger partial charge in [-0.3, -0.25) is 4.72 Å². The van der Waals surface area contributed by atoms with Crippen molar-refractivity contribution in [2.24, 2.45) is 5.92 Å². The van der Waals surface area contributed by atoms with Crippen molar-refractivity contribution in [2.75, 3.05) is 10.5 Å². The molecule has 0 unspecified atom stereocenters. The second-order valence-corrected chi connectivity index (χ2v) is 14.1. The van der Waals surface area contributed by atoms with Crippen molar-refractivity contribution < 1.29 is 23.0 Å². The number of nitrogens with one attached hydrogen (secondary N) is 1. The monoisotopic (exact) mass is 618 g/mol. The number of anilines is 1. The lowest BCUT2D eigenvalue weighted by Crippen LogP contribution is -2.38. The van der Waals surface area contributed by atoms with Gasteiger partial charge in [0.25, 0.3) is 10.0 Å². The third-order valence-electron chi connectivity index (χ3n) is 7.26. The van der Waals surface area contributed by atoms with Crippen molar-refractivity contribution in [2.45, 2.75) is 41.3 Å². The van der Waals surface area contributed by atoms with E-state index in [4.69, 9.17) is 14.5 Å². The number of para-hydroxylation sites is 1. The van der Waals surface area contributed by atoms with Gasteiger partial charge in [-0.1, -0.05) is 85.4 Å². The van der Waals surface area contributed by atoms with Crippen LogP contribution in [0.5, 0.6) is 0 Å². The molecule has 10 heteroatoms. The van der Waals surface area contributed by atoms with Crippen LogP contribution < -0.4 is 4.72 Å². The highest BCUT2D eigenvalue weighted by Gasteiger charge is 2.38. The SMILES string of the molecule is C[C@@H]1[C@H](CSc2nc3ccccc3s2)O[C@H](c2ccc(NS(=O)(=O)c3ccccc3)cc2)O[C@@H]1c1ccc(CO)cc1. The summed E-state index contributed by atoms with van der Waals surface area (Å²) in [5.74, 6) is 0.737. The molecule has 216 valence electrons. The molecule has 4 atom stereocenters. The summed E-state index contributed by atoms with van der Waals surface area (Å²) in [5, 5.41) is 9.51. The molecule has 1 fully saturated rings. The summed E-state index contributed by atoms with van der Waals surface area (Å²) in [6.07, 6.45) is -1.03. The quantitative estimate of drug-likeness (QED) is 0.169. The van der Waals surface area contributed by atoms with Gasteiger partial charge in [0.05, 0.1) is 33.9 Å². The van der Waals surface area contributed by atoms with Gasteiger partial charge in [0.1, 0.15) is 0 Å². The number of aliphatic hydroxyl groups is 1. The molecule has 0 spiro atoms. The Hall–Kier alpha value is -3.25. The topological polar surface area (TPSA) is 97.8 Å². The average Bonchev–Trinajstić information content (AvgIpc) is 3.44. The van der Waals surface area contributed by atoms with Crippen LogP contribution in [-0.2, 0) is 26.1 Å². The van der Waals surface area contributed by atoms with Crippen LogP contribution in [0.4, 0.5) is 5.69 Å². The zero-order valence-electron chi connectivity index (χ0n) is 22.8. The van der Waals surface area contributed by atoms with E-state index < -0.39 is 16.3 Å². The van der Waals surface area contributed by atoms with E-state index in [1.54, 1.807) is 65.6 Å². The first kappa shape index (κ1) is 28.9. The van der Waals surface area contributed by atoms with Crippen LogP contribution in [0.2, 0.25) is 0 Å². The van der Waals surface area contributed by atoms with Gasteiger partial charge < -0.3 is 14.6 Å². The second-order valence-electron chi connectivity index (χ2n) is 10.1. The second kappa shape index (κ2) is 12.5. The first-order chi connectivity index (χ1) is 20.4. The number of hydrogen-bond acceptors (Lipinski definition) is 8. The maximum absolute atomic E-state index is 12.8. The molecule has 42 heavy (non-hydrogen) atoms. The van der Waals surface area contributed by atoms with Crippen LogP contribution in [0.15, 0.2) is 112 Å². The Balaban J connectivity index is 1.22. The van der Waals surface area contributed by atoms with Crippen LogP contribution in [0.3, 0.4) is 0 Å². The molecule has 1 aliphatic rings. The van der Waals surface area contributed by atoms with Crippen molar-refractivity contribution in [3.63, 3.8) is 0 Å². The van der Waals surface area contributed by atoms with E-state index in [-0.39, 0.29) is 29.6 Å². The molecule has 7 nitrogen and oxygen atoms in total. The Labute approximate surface area is 253 Å². The highest BCUT2D eigenvalue weighted by Crippen LogP contribution is 2.43. The predicted octanol–water partition coefficient (Wildman–Crippen LogP) is 7.17. The van der Waals surface area contributed by atoms with Crippen molar-refractivity contribution in [1.82, 2.24) is 4.98 Å². The number of ether oxygens (including phenoxy) is 2. The summed E-state index contributed by atoms with van der Waals surface area (Å²) in [6.45, 7) is 2.11. The maximum atomic E-state index is 12.8. The summed E-state index contributed by atoms with van der Waals surface area (Å²) >= 11 is 3.36. The molecule has 1 aromatic heterocycles. The lowest BCUT2D eigenvalue weighted by atomic mass is 9.91. The van der Waals surface area contributed by atoms with Crippen molar-refractivity contribution in [3.05, 3.63) is 120 Å². The highest BCUT2D eigenvalue weighted by atomic mass is 32.2. The first-order valence-electron chi connectivity index (χ1n) is 13.6. The normalized spacial score (nSPS) is 20.9. The van der Waals surface area contributed by atoms with E-state index in [2.05, 4.69) is 17.7 Å². The Morgan fingerprint density at radius 1 is 0.881 bits per heavy atom. The molecule has 0 saturated carbocycles. The number of nitrogens with zero attached hydrogens (tertiary/aromatic N) is 1. The molecular formula is C32H30N2O5S3. The van der Waals surface area contributed by atoms with Gasteiger partial charge in [-0.25, -0.2) is 13.4 Å². The minimum absolute atomic E-state index is 0.0189. The van der Waals surface area contributed by atoms with Gasteiger partial charge in [0, 0.05) is 22.9 Å². The van der Waals surface area contributed by atoms with Crippen LogP contribution in [0, 0.1) is 5.92 Å². The predicted molar refractivity (Wildman–Crippen MR) is 167 cm³/mol. The summed E-state index contributed by atoms with van der Waals surface area (Å²) in [7, 11) is -3.70. The number of hydrogen-bond donors (Lipinski definition) is 2. The minimum atomic E-state index is -3.70. The lowest BCUT2D eigenvalue weighted by molar-refractivity contribution is -0.268. The number of fused-ring (bicyclic) bond motifs is 1. The number of sulfonamides is 1. The lowest BCUT2D eigenvalue weighted by Gasteiger charge is -2.41. The van der Waals surface area contributed by atoms with E-state index in [9.17, 15) is 13.5 Å². The maximum Gasteiger partial charge on any atom is 0.261 e. The van der Waals surface area contributed by atoms with Crippen LogP contribution in [-0.4, -0.2) is 30.4 Å². The third kappa shape index (κ3) is 6.39. The van der Waals surface area contributed by atoms with E-state index in [1.807, 2.05) is 54.6 Å². The van der Waals surface area contributed by atoms with Gasteiger partial charge in [0.15, 0.2) is 10.6 Å². The Bertz CT molecular complexity index is 1710. The van der Waals surface area contributed by atoms with E-state index >= 15 is 0 Å². The summed E-state index contributed by atoms with van der Waals surface area (Å²) < 4.78 is 43.4. The smallest absolute Gasteiger partial charge is 0.261 e. The average molecular weight is 619 g/mol. The number of thiazole rings is 1. The summed E-state index contributed by atoms with van der Waals surface area (Å²) in [5.41, 5.74) is 4.08. The number of aromatic nitrogens is 1. The Kier molecular flexibility index (Phi) is 8.62. The highest BCUT2D eigenvalue weighted by molar-refractivity contribution is 8.01. The zero-order valence-corrected chi connectivity index (χ0v) is 25.2. The van der Waals surface area contributed by atoms with E-state index in [1.165, 1.54) is 0 Å². The van der Waals surface area contributed by atoms with Crippen LogP contribution in [0.1, 0.15) is 36.0 Å². The van der Waals surface area contributed by atoms with Gasteiger partial charge >= 0.3 is 0 Å². The molecule has 2 heterocycles. The molecular weight excluding hydrogens is 589 g/mol. The van der Waals surface area contributed by atoms with Crippen molar-refractivity contribution in [3.8, 4) is 0 Å². The van der Waals surface area contributed by atoms with Crippen LogP contribution in [0.25, 0.3) is 10.2 Å². The van der Waals surface area contributed by atoms with Crippen molar-refractivity contribution >= 4 is 49.0 Å². The largest absolute Gasteiger partial charge is 0.392 e. The third-order valence-corrected chi connectivity index (χ3v) is 10.9. The zero-order chi connectivity index (χ0) is 29.1. The Morgan fingerprint density at radius 2 is 1.57 bits per heavy atom. The summed E-state index contributed by atoms with van der Waals surface area (Å²) in [6, 6.07) is 31.3. The molecule has 0 bridgehead atoms. The van der Waals surface area contributed by atoms with Gasteiger partial charge in [-0.05, 0) is 47.5 Å². The molecule has 6 rings (SSSR count). The molecule has 0 aliphatic carbocycles.